The van der Waals surface area contributed by atoms with Gasteiger partial charge < -0.3 is 46.7 Å². The molecule has 0 fully saturated rings. The summed E-state index contributed by atoms with van der Waals surface area (Å²) >= 11 is 0. The van der Waals surface area contributed by atoms with E-state index in [1.54, 1.807) is 0 Å². The molecular weight excluding hydrogens is 435 g/mol. The van der Waals surface area contributed by atoms with Crippen LogP contribution >= 0.6 is 0 Å². The molecule has 32 heavy (non-hydrogen) atoms. The first-order valence-electron chi connectivity index (χ1n) is 9.70. The van der Waals surface area contributed by atoms with E-state index >= 15 is 0 Å². The number of hydrazone groups is 1. The second-order valence-corrected chi connectivity index (χ2v) is 7.54. The van der Waals surface area contributed by atoms with Gasteiger partial charge in [0, 0.05) is 21.3 Å². The van der Waals surface area contributed by atoms with E-state index in [4.69, 9.17) is 22.6 Å². The number of nitrogens with one attached hydrogen (secondary N) is 1. The van der Waals surface area contributed by atoms with Crippen LogP contribution in [0, 0.1) is 5.41 Å². The van der Waals surface area contributed by atoms with Crippen LogP contribution in [-0.2, 0) is 14.2 Å². The number of rotatable bonds is 7. The van der Waals surface area contributed by atoms with Crippen LogP contribution in [0.1, 0.15) is 68.2 Å². The second kappa shape index (κ2) is 20.4. The summed E-state index contributed by atoms with van der Waals surface area (Å²) in [6, 6.07) is 0.0830. The summed E-state index contributed by atoms with van der Waals surface area (Å²) in [6.45, 7) is 12.8. The summed E-state index contributed by atoms with van der Waals surface area (Å²) in [7, 11) is 4.19. The van der Waals surface area contributed by atoms with Gasteiger partial charge in [0.15, 0.2) is 0 Å². The molecule has 0 saturated heterocycles. The summed E-state index contributed by atoms with van der Waals surface area (Å²) in [5.74, 6) is -3.84. The van der Waals surface area contributed by atoms with Crippen molar-refractivity contribution in [2.24, 2.45) is 22.3 Å². The average Bonchev–Trinajstić information content (AvgIpc) is 2.61. The Bertz CT molecular complexity index is 435. The van der Waals surface area contributed by atoms with Gasteiger partial charge >= 0.3 is 17.4 Å². The Labute approximate surface area is 204 Å². The van der Waals surface area contributed by atoms with Crippen LogP contribution in [0.5, 0.6) is 0 Å². The van der Waals surface area contributed by atoms with Gasteiger partial charge in [-0.05, 0) is 30.2 Å². The molecule has 0 atom stereocenters. The molecule has 190 valence electrons. The summed E-state index contributed by atoms with van der Waals surface area (Å²) in [6.07, 6.45) is 1.68. The molecule has 0 aliphatic rings. The van der Waals surface area contributed by atoms with E-state index in [1.165, 1.54) is 67.9 Å². The normalized spacial score (nSPS) is 10.7. The molecule has 0 bridgehead atoms. The van der Waals surface area contributed by atoms with E-state index in [9.17, 15) is 15.3 Å². The fourth-order valence-corrected chi connectivity index (χ4v) is 1.09. The van der Waals surface area contributed by atoms with Crippen LogP contribution in [-0.4, -0.2) is 79.0 Å². The van der Waals surface area contributed by atoms with Crippen molar-refractivity contribution >= 4 is 29.3 Å². The van der Waals surface area contributed by atoms with Crippen LogP contribution in [0.15, 0.2) is 5.10 Å². The zero-order chi connectivity index (χ0) is 26.1. The SMILES string of the molecule is CCC(CC)N(N=C(N)N)C(=N)N.COC(C)(C)[O-].COC(C)(C)[O-].COC(C)(C)[O-].[Al+3]. The molecular formula is C19H45AlN6O6. The number of nitrogens with two attached hydrogens (primary N) is 3. The first-order chi connectivity index (χ1) is 13.7. The minimum Gasteiger partial charge on any atom is -0.829 e. The van der Waals surface area contributed by atoms with Crippen LogP contribution in [0.2, 0.25) is 0 Å². The summed E-state index contributed by atoms with van der Waals surface area (Å²) in [5, 5.41) is 43.1. The maximum atomic E-state index is 10.2. The predicted molar refractivity (Wildman–Crippen MR) is 123 cm³/mol. The Morgan fingerprint density at radius 2 is 1.03 bits per heavy atom. The number of hydrogen-bond acceptors (Lipinski definition) is 8. The second-order valence-electron chi connectivity index (χ2n) is 7.54. The van der Waals surface area contributed by atoms with Gasteiger partial charge in [-0.3, -0.25) is 5.41 Å². The molecule has 0 saturated carbocycles. The third kappa shape index (κ3) is 39.3. The van der Waals surface area contributed by atoms with E-state index in [1.807, 2.05) is 13.8 Å². The largest absolute Gasteiger partial charge is 3.00 e. The van der Waals surface area contributed by atoms with E-state index in [0.717, 1.165) is 12.8 Å². The van der Waals surface area contributed by atoms with Crippen molar-refractivity contribution in [2.75, 3.05) is 21.3 Å². The van der Waals surface area contributed by atoms with Crippen LogP contribution < -0.4 is 32.5 Å². The van der Waals surface area contributed by atoms with Gasteiger partial charge in [-0.2, -0.15) is 0 Å². The number of ether oxygens (including phenoxy) is 3. The molecule has 0 aromatic rings. The molecule has 13 heteroatoms. The molecule has 0 aliphatic carbocycles. The molecule has 0 rings (SSSR count). The number of methoxy groups -OCH3 is 3. The van der Waals surface area contributed by atoms with Crippen LogP contribution in [0.25, 0.3) is 0 Å². The van der Waals surface area contributed by atoms with E-state index in [0.29, 0.717) is 0 Å². The molecule has 0 heterocycles. The molecule has 12 nitrogen and oxygen atoms in total. The standard InChI is InChI=1S/C7H18N6.3C4H9O2.Al/c1-3-5(4-2)13(7(10)11)12-6(8)9;3*1-4(2,5)6-3;/h5H,3-4H2,1-2H3,(H3,10,11)(H4,8,9,12);3*1-3H3;/q;3*-1;+3. The molecule has 0 amide bonds. The van der Waals surface area contributed by atoms with Gasteiger partial charge in [-0.1, -0.05) is 55.4 Å². The van der Waals surface area contributed by atoms with Crippen molar-refractivity contribution < 1.29 is 29.5 Å². The Balaban J connectivity index is -0.000000109. The minimum atomic E-state index is -1.21. The predicted octanol–water partition coefficient (Wildman–Crippen LogP) is -1.63. The van der Waals surface area contributed by atoms with Gasteiger partial charge in [0.05, 0.1) is 6.04 Å². The van der Waals surface area contributed by atoms with Gasteiger partial charge in [0.2, 0.25) is 11.9 Å². The number of guanidine groups is 2. The molecule has 0 spiro atoms. The van der Waals surface area contributed by atoms with Crippen molar-refractivity contribution in [1.29, 1.82) is 5.41 Å². The summed E-state index contributed by atoms with van der Waals surface area (Å²) in [5.41, 5.74) is 15.8. The fourth-order valence-electron chi connectivity index (χ4n) is 1.09. The van der Waals surface area contributed by atoms with Crippen molar-refractivity contribution in [3.05, 3.63) is 0 Å². The third-order valence-corrected chi connectivity index (χ3v) is 3.23. The average molecular weight is 481 g/mol. The van der Waals surface area contributed by atoms with Gasteiger partial charge in [0.1, 0.15) is 0 Å². The summed E-state index contributed by atoms with van der Waals surface area (Å²) in [4.78, 5) is 0. The van der Waals surface area contributed by atoms with Gasteiger partial charge in [-0.25, -0.2) is 5.01 Å². The van der Waals surface area contributed by atoms with Crippen molar-refractivity contribution in [1.82, 2.24) is 5.01 Å². The number of nitrogens with zero attached hydrogens (tertiary/aromatic N) is 2. The Morgan fingerprint density at radius 1 is 0.812 bits per heavy atom. The molecule has 0 aliphatic heterocycles. The van der Waals surface area contributed by atoms with E-state index < -0.39 is 17.4 Å². The molecule has 0 unspecified atom stereocenters. The van der Waals surface area contributed by atoms with Gasteiger partial charge in [0.25, 0.3) is 0 Å². The topological polar surface area (TPSA) is 214 Å². The van der Waals surface area contributed by atoms with Crippen molar-refractivity contribution in [2.45, 2.75) is 91.6 Å². The summed E-state index contributed by atoms with van der Waals surface area (Å²) < 4.78 is 13.1. The van der Waals surface area contributed by atoms with E-state index in [2.05, 4.69) is 19.3 Å². The maximum Gasteiger partial charge on any atom is 3.00 e. The Hall–Kier alpha value is -1.17. The van der Waals surface area contributed by atoms with Crippen molar-refractivity contribution in [3.63, 3.8) is 0 Å². The quantitative estimate of drug-likeness (QED) is 0.107. The zero-order valence-corrected chi connectivity index (χ0v) is 22.8. The van der Waals surface area contributed by atoms with Gasteiger partial charge in [-0.15, -0.1) is 5.10 Å². The minimum absolute atomic E-state index is 0. The number of hydrogen-bond donors (Lipinski definition) is 4. The van der Waals surface area contributed by atoms with Crippen LogP contribution in [0.3, 0.4) is 0 Å². The van der Waals surface area contributed by atoms with Crippen molar-refractivity contribution in [3.8, 4) is 0 Å². The monoisotopic (exact) mass is 480 g/mol. The molecule has 0 radical (unpaired) electrons. The Morgan fingerprint density at radius 3 is 1.12 bits per heavy atom. The molecule has 0 aromatic heterocycles. The smallest absolute Gasteiger partial charge is 0.829 e. The van der Waals surface area contributed by atoms with Crippen LogP contribution in [0.4, 0.5) is 0 Å². The molecule has 7 N–H and O–H groups in total. The van der Waals surface area contributed by atoms with E-state index in [-0.39, 0.29) is 35.3 Å². The third-order valence-electron chi connectivity index (χ3n) is 3.23. The zero-order valence-electron chi connectivity index (χ0n) is 21.6. The first kappa shape index (κ1) is 41.1. The fraction of sp³-hybridized carbons (Fsp3) is 0.895. The maximum absolute atomic E-state index is 10.2. The molecule has 0 aromatic carbocycles. The first-order valence-corrected chi connectivity index (χ1v) is 9.70. The Kier molecular flexibility index (Phi) is 26.3.